The van der Waals surface area contributed by atoms with Gasteiger partial charge in [-0.25, -0.2) is 8.78 Å². The third-order valence-corrected chi connectivity index (χ3v) is 4.74. The molecule has 0 saturated carbocycles. The highest BCUT2D eigenvalue weighted by atomic mass is 35.5. The maximum Gasteiger partial charge on any atom is 0.272 e. The highest BCUT2D eigenvalue weighted by molar-refractivity contribution is 7.89. The SMILES string of the molecule is CC(C)N[S+]([O-])c1cc(C(=O)Nc2ccc(F)c(Cl)c2F)n(C)c1. The van der Waals surface area contributed by atoms with Crippen LogP contribution in [0, 0.1) is 11.6 Å². The standard InChI is InChI=1S/C15H16ClF2N3O2S/c1-8(2)20-24(23)9-6-12(21(3)7-9)15(22)19-11-5-4-10(17)13(16)14(11)18/h4-8,20H,1-3H3,(H,19,22). The third-order valence-electron chi connectivity index (χ3n) is 3.05. The van der Waals surface area contributed by atoms with E-state index in [0.29, 0.717) is 4.90 Å². The quantitative estimate of drug-likeness (QED) is 0.622. The molecule has 1 aromatic carbocycles. The number of rotatable bonds is 5. The number of aryl methyl sites for hydroxylation is 1. The molecule has 5 nitrogen and oxygen atoms in total. The van der Waals surface area contributed by atoms with Crippen molar-refractivity contribution in [3.05, 3.63) is 46.7 Å². The number of amides is 1. The van der Waals surface area contributed by atoms with Crippen molar-refractivity contribution in [3.8, 4) is 0 Å². The molecule has 2 N–H and O–H groups in total. The fourth-order valence-electron chi connectivity index (χ4n) is 1.95. The maximum atomic E-state index is 13.9. The smallest absolute Gasteiger partial charge is 0.272 e. The van der Waals surface area contributed by atoms with E-state index in [1.165, 1.54) is 16.8 Å². The van der Waals surface area contributed by atoms with Gasteiger partial charge < -0.3 is 14.4 Å². The number of benzene rings is 1. The van der Waals surface area contributed by atoms with Crippen molar-refractivity contribution in [2.75, 3.05) is 5.32 Å². The summed E-state index contributed by atoms with van der Waals surface area (Å²) in [5.74, 6) is -2.60. The Labute approximate surface area is 146 Å². The van der Waals surface area contributed by atoms with Gasteiger partial charge in [0.25, 0.3) is 5.91 Å². The van der Waals surface area contributed by atoms with Crippen LogP contribution in [0.3, 0.4) is 0 Å². The van der Waals surface area contributed by atoms with Crippen molar-refractivity contribution < 1.29 is 18.1 Å². The maximum absolute atomic E-state index is 13.9. The molecule has 1 atom stereocenters. The van der Waals surface area contributed by atoms with E-state index in [0.717, 1.165) is 12.1 Å². The van der Waals surface area contributed by atoms with Crippen LogP contribution < -0.4 is 10.0 Å². The second-order valence-electron chi connectivity index (χ2n) is 5.39. The highest BCUT2D eigenvalue weighted by Crippen LogP contribution is 2.26. The summed E-state index contributed by atoms with van der Waals surface area (Å²) < 4.78 is 43.4. The Bertz CT molecular complexity index is 767. The molecule has 0 saturated heterocycles. The molecule has 0 fully saturated rings. The van der Waals surface area contributed by atoms with Crippen molar-refractivity contribution in [1.29, 1.82) is 0 Å². The molecule has 24 heavy (non-hydrogen) atoms. The van der Waals surface area contributed by atoms with E-state index in [4.69, 9.17) is 11.6 Å². The zero-order valence-corrected chi connectivity index (χ0v) is 14.8. The van der Waals surface area contributed by atoms with Gasteiger partial charge in [0.15, 0.2) is 10.7 Å². The Morgan fingerprint density at radius 2 is 2.04 bits per heavy atom. The number of carbonyl (C=O) groups excluding carboxylic acids is 1. The van der Waals surface area contributed by atoms with Gasteiger partial charge in [0.05, 0.1) is 23.2 Å². The largest absolute Gasteiger partial charge is 0.593 e. The molecule has 1 heterocycles. The predicted molar refractivity (Wildman–Crippen MR) is 89.4 cm³/mol. The molecule has 0 bridgehead atoms. The molecular formula is C15H16ClF2N3O2S. The van der Waals surface area contributed by atoms with E-state index >= 15 is 0 Å². The van der Waals surface area contributed by atoms with Gasteiger partial charge in [-0.15, -0.1) is 4.72 Å². The van der Waals surface area contributed by atoms with Gasteiger partial charge in [0, 0.05) is 19.2 Å². The fourth-order valence-corrected chi connectivity index (χ4v) is 3.15. The molecule has 1 aromatic heterocycles. The van der Waals surface area contributed by atoms with Crippen molar-refractivity contribution in [1.82, 2.24) is 9.29 Å². The molecular weight excluding hydrogens is 360 g/mol. The Hall–Kier alpha value is -1.61. The minimum absolute atomic E-state index is 0.00114. The van der Waals surface area contributed by atoms with Crippen LogP contribution in [0.15, 0.2) is 29.3 Å². The third kappa shape index (κ3) is 4.07. The van der Waals surface area contributed by atoms with Crippen molar-refractivity contribution in [2.45, 2.75) is 24.8 Å². The van der Waals surface area contributed by atoms with Gasteiger partial charge in [-0.05, 0) is 26.0 Å². The number of halogens is 3. The van der Waals surface area contributed by atoms with E-state index in [1.54, 1.807) is 7.05 Å². The van der Waals surface area contributed by atoms with Gasteiger partial charge in [0.2, 0.25) is 0 Å². The Morgan fingerprint density at radius 3 is 2.67 bits per heavy atom. The van der Waals surface area contributed by atoms with Crippen LogP contribution in [0.2, 0.25) is 5.02 Å². The van der Waals surface area contributed by atoms with Crippen molar-refractivity contribution >= 4 is 34.6 Å². The number of anilines is 1. The first kappa shape index (κ1) is 18.7. The van der Waals surface area contributed by atoms with Gasteiger partial charge in [-0.3, -0.25) is 4.79 Å². The molecule has 0 radical (unpaired) electrons. The summed E-state index contributed by atoms with van der Waals surface area (Å²) in [7, 11) is 1.60. The van der Waals surface area contributed by atoms with Gasteiger partial charge >= 0.3 is 0 Å². The van der Waals surface area contributed by atoms with Crippen molar-refractivity contribution in [2.24, 2.45) is 7.05 Å². The Morgan fingerprint density at radius 1 is 1.38 bits per heavy atom. The summed E-state index contributed by atoms with van der Waals surface area (Å²) >= 11 is 4.01. The second-order valence-corrected chi connectivity index (χ2v) is 7.01. The van der Waals surface area contributed by atoms with Crippen LogP contribution in [0.1, 0.15) is 24.3 Å². The van der Waals surface area contributed by atoms with Crippen LogP contribution in [0.4, 0.5) is 14.5 Å². The zero-order chi connectivity index (χ0) is 18.0. The van der Waals surface area contributed by atoms with E-state index in [2.05, 4.69) is 10.0 Å². The number of nitrogens with one attached hydrogen (secondary N) is 2. The average Bonchev–Trinajstić information content (AvgIpc) is 2.89. The molecule has 0 spiro atoms. The molecule has 2 aromatic rings. The first-order valence-corrected chi connectivity index (χ1v) is 8.52. The van der Waals surface area contributed by atoms with Gasteiger partial charge in [0.1, 0.15) is 16.5 Å². The zero-order valence-electron chi connectivity index (χ0n) is 13.2. The van der Waals surface area contributed by atoms with E-state index in [1.807, 2.05) is 13.8 Å². The predicted octanol–water partition coefficient (Wildman–Crippen LogP) is 3.23. The molecule has 1 amide bonds. The van der Waals surface area contributed by atoms with E-state index < -0.39 is 33.9 Å². The lowest BCUT2D eigenvalue weighted by Crippen LogP contribution is -2.30. The Kier molecular flexibility index (Phi) is 5.87. The molecule has 9 heteroatoms. The fraction of sp³-hybridized carbons (Fsp3) is 0.267. The first-order chi connectivity index (χ1) is 11.2. The minimum Gasteiger partial charge on any atom is -0.593 e. The molecule has 1 unspecified atom stereocenters. The van der Waals surface area contributed by atoms with Crippen LogP contribution in [-0.2, 0) is 18.4 Å². The molecule has 2 rings (SSSR count). The van der Waals surface area contributed by atoms with Crippen LogP contribution in [-0.4, -0.2) is 21.1 Å². The monoisotopic (exact) mass is 375 g/mol. The van der Waals surface area contributed by atoms with Crippen LogP contribution in [0.25, 0.3) is 0 Å². The average molecular weight is 376 g/mol. The minimum atomic E-state index is -1.47. The van der Waals surface area contributed by atoms with E-state index in [-0.39, 0.29) is 17.4 Å². The molecule has 0 aliphatic heterocycles. The number of carbonyl (C=O) groups is 1. The summed E-state index contributed by atoms with van der Waals surface area (Å²) in [6.07, 6.45) is 1.54. The molecule has 0 aliphatic rings. The second kappa shape index (κ2) is 7.52. The van der Waals surface area contributed by atoms with Crippen LogP contribution >= 0.6 is 11.6 Å². The lowest BCUT2D eigenvalue weighted by Gasteiger charge is -2.10. The van der Waals surface area contributed by atoms with Gasteiger partial charge in [-0.1, -0.05) is 11.6 Å². The lowest BCUT2D eigenvalue weighted by atomic mass is 10.2. The molecule has 0 aliphatic carbocycles. The first-order valence-electron chi connectivity index (χ1n) is 7.00. The number of hydrogen-bond donors (Lipinski definition) is 2. The number of hydrogen-bond acceptors (Lipinski definition) is 3. The highest BCUT2D eigenvalue weighted by Gasteiger charge is 2.21. The normalized spacial score (nSPS) is 12.5. The molecule has 130 valence electrons. The number of nitrogens with zero attached hydrogens (tertiary/aromatic N) is 1. The summed E-state index contributed by atoms with van der Waals surface area (Å²) in [6, 6.07) is 3.47. The summed E-state index contributed by atoms with van der Waals surface area (Å²) in [5.41, 5.74) is -0.0701. The van der Waals surface area contributed by atoms with Gasteiger partial charge in [-0.2, -0.15) is 0 Å². The van der Waals surface area contributed by atoms with E-state index in [9.17, 15) is 18.1 Å². The summed E-state index contributed by atoms with van der Waals surface area (Å²) in [4.78, 5) is 12.7. The number of aromatic nitrogens is 1. The van der Waals surface area contributed by atoms with Crippen LogP contribution in [0.5, 0.6) is 0 Å². The summed E-state index contributed by atoms with van der Waals surface area (Å²) in [5, 5.41) is 1.63. The lowest BCUT2D eigenvalue weighted by molar-refractivity contribution is 0.101. The van der Waals surface area contributed by atoms with Crippen molar-refractivity contribution in [3.63, 3.8) is 0 Å². The summed E-state index contributed by atoms with van der Waals surface area (Å²) in [6.45, 7) is 3.69. The topological polar surface area (TPSA) is 69.1 Å². The Balaban J connectivity index is 2.22.